The summed E-state index contributed by atoms with van der Waals surface area (Å²) in [5, 5.41) is 12.2. The number of carbonyl (C=O) groups is 1. The normalized spacial score (nSPS) is 15.5. The van der Waals surface area contributed by atoms with Gasteiger partial charge in [-0.15, -0.1) is 0 Å². The fraction of sp³-hybridized carbons (Fsp3) is 0.278. The molecular weight excluding hydrogens is 262 g/mol. The van der Waals surface area contributed by atoms with Crippen LogP contribution in [0.5, 0.6) is 0 Å². The van der Waals surface area contributed by atoms with Crippen LogP contribution in [0.15, 0.2) is 54.6 Å². The molecular formula is C18H19NO2. The number of aliphatic hydroxyl groups excluding tert-OH is 1. The lowest BCUT2D eigenvalue weighted by Crippen LogP contribution is -2.31. The lowest BCUT2D eigenvalue weighted by Gasteiger charge is -2.12. The Hall–Kier alpha value is -2.13. The first-order chi connectivity index (χ1) is 10.2. The second-order valence-corrected chi connectivity index (χ2v) is 5.78. The summed E-state index contributed by atoms with van der Waals surface area (Å²) >= 11 is 0. The van der Waals surface area contributed by atoms with Gasteiger partial charge in [-0.1, -0.05) is 42.5 Å². The maximum absolute atomic E-state index is 12.1. The predicted octanol–water partition coefficient (Wildman–Crippen LogP) is 2.86. The predicted molar refractivity (Wildman–Crippen MR) is 83.0 cm³/mol. The van der Waals surface area contributed by atoms with Crippen molar-refractivity contribution < 1.29 is 9.90 Å². The van der Waals surface area contributed by atoms with E-state index in [1.54, 1.807) is 0 Å². The highest BCUT2D eigenvalue weighted by Crippen LogP contribution is 2.44. The first-order valence-corrected chi connectivity index (χ1v) is 7.27. The third-order valence-corrected chi connectivity index (χ3v) is 4.17. The number of carbonyl (C=O) groups excluding carboxylic acids is 1. The quantitative estimate of drug-likeness (QED) is 0.885. The van der Waals surface area contributed by atoms with Gasteiger partial charge < -0.3 is 10.4 Å². The molecule has 3 rings (SSSR count). The molecule has 0 unspecified atom stereocenters. The van der Waals surface area contributed by atoms with Crippen LogP contribution in [-0.2, 0) is 0 Å². The Morgan fingerprint density at radius 3 is 2.19 bits per heavy atom. The van der Waals surface area contributed by atoms with Gasteiger partial charge in [0.05, 0.1) is 6.61 Å². The van der Waals surface area contributed by atoms with Crippen molar-refractivity contribution in [1.82, 2.24) is 5.32 Å². The summed E-state index contributed by atoms with van der Waals surface area (Å²) in [6.07, 6.45) is 1.99. The Kier molecular flexibility index (Phi) is 3.76. The third-order valence-electron chi connectivity index (χ3n) is 4.17. The van der Waals surface area contributed by atoms with Gasteiger partial charge in [-0.05, 0) is 36.1 Å². The van der Waals surface area contributed by atoms with Crippen molar-refractivity contribution in [3.05, 3.63) is 60.2 Å². The summed E-state index contributed by atoms with van der Waals surface area (Å²) in [4.78, 5) is 12.1. The summed E-state index contributed by atoms with van der Waals surface area (Å²) in [5.41, 5.74) is 2.84. The summed E-state index contributed by atoms with van der Waals surface area (Å²) < 4.78 is 0. The topological polar surface area (TPSA) is 49.3 Å². The molecule has 0 radical (unpaired) electrons. The van der Waals surface area contributed by atoms with Crippen LogP contribution in [0.25, 0.3) is 11.1 Å². The lowest BCUT2D eigenvalue weighted by atomic mass is 10.0. The number of amides is 1. The Morgan fingerprint density at radius 2 is 1.62 bits per heavy atom. The fourth-order valence-corrected chi connectivity index (χ4v) is 2.38. The third kappa shape index (κ3) is 3.14. The molecule has 0 bridgehead atoms. The standard InChI is InChI=1S/C18H19NO2/c20-13-18(10-11-18)12-19-17(21)16-8-6-15(7-9-16)14-4-2-1-3-5-14/h1-9,20H,10-13H2,(H,19,21). The highest BCUT2D eigenvalue weighted by molar-refractivity contribution is 5.94. The summed E-state index contributed by atoms with van der Waals surface area (Å²) in [5.74, 6) is -0.0747. The SMILES string of the molecule is O=C(NCC1(CO)CC1)c1ccc(-c2ccccc2)cc1. The minimum atomic E-state index is -0.0747. The molecule has 2 aromatic carbocycles. The Morgan fingerprint density at radius 1 is 1.00 bits per heavy atom. The number of hydrogen-bond acceptors (Lipinski definition) is 2. The minimum Gasteiger partial charge on any atom is -0.396 e. The van der Waals surface area contributed by atoms with Gasteiger partial charge in [-0.3, -0.25) is 4.79 Å². The number of nitrogens with one attached hydrogen (secondary N) is 1. The van der Waals surface area contributed by atoms with E-state index in [4.69, 9.17) is 0 Å². The van der Waals surface area contributed by atoms with Crippen molar-refractivity contribution >= 4 is 5.91 Å². The van der Waals surface area contributed by atoms with Crippen molar-refractivity contribution in [2.24, 2.45) is 5.41 Å². The molecule has 3 nitrogen and oxygen atoms in total. The van der Waals surface area contributed by atoms with Crippen LogP contribution in [0, 0.1) is 5.41 Å². The van der Waals surface area contributed by atoms with E-state index >= 15 is 0 Å². The number of rotatable bonds is 5. The molecule has 0 spiro atoms. The number of hydrogen-bond donors (Lipinski definition) is 2. The molecule has 1 amide bonds. The van der Waals surface area contributed by atoms with Crippen LogP contribution in [0.2, 0.25) is 0 Å². The molecule has 1 aliphatic rings. The van der Waals surface area contributed by atoms with Crippen LogP contribution < -0.4 is 5.32 Å². The van der Waals surface area contributed by atoms with Crippen LogP contribution >= 0.6 is 0 Å². The highest BCUT2D eigenvalue weighted by Gasteiger charge is 2.42. The van der Waals surface area contributed by atoms with Gasteiger partial charge in [0.2, 0.25) is 0 Å². The number of benzene rings is 2. The average Bonchev–Trinajstić information content (AvgIpc) is 3.34. The summed E-state index contributed by atoms with van der Waals surface area (Å²) in [6, 6.07) is 17.7. The first-order valence-electron chi connectivity index (χ1n) is 7.27. The minimum absolute atomic E-state index is 0.0559. The number of aliphatic hydroxyl groups is 1. The summed E-state index contributed by atoms with van der Waals surface area (Å²) in [6.45, 7) is 0.711. The molecule has 108 valence electrons. The second kappa shape index (κ2) is 5.70. The molecule has 1 saturated carbocycles. The molecule has 3 heteroatoms. The van der Waals surface area contributed by atoms with E-state index in [1.807, 2.05) is 54.6 Å². The van der Waals surface area contributed by atoms with Gasteiger partial charge >= 0.3 is 0 Å². The summed E-state index contributed by atoms with van der Waals surface area (Å²) in [7, 11) is 0. The van der Waals surface area contributed by atoms with Gasteiger partial charge in [-0.25, -0.2) is 0 Å². The average molecular weight is 281 g/mol. The van der Waals surface area contributed by atoms with E-state index in [1.165, 1.54) is 0 Å². The second-order valence-electron chi connectivity index (χ2n) is 5.78. The molecule has 0 heterocycles. The largest absolute Gasteiger partial charge is 0.396 e. The van der Waals surface area contributed by atoms with Crippen LogP contribution in [0.4, 0.5) is 0 Å². The van der Waals surface area contributed by atoms with Crippen molar-refractivity contribution in [2.45, 2.75) is 12.8 Å². The van der Waals surface area contributed by atoms with Gasteiger partial charge in [0.15, 0.2) is 0 Å². The lowest BCUT2D eigenvalue weighted by molar-refractivity contribution is 0.0935. The van der Waals surface area contributed by atoms with Crippen molar-refractivity contribution in [1.29, 1.82) is 0 Å². The van der Waals surface area contributed by atoms with Gasteiger partial charge in [0, 0.05) is 17.5 Å². The van der Waals surface area contributed by atoms with E-state index in [0.29, 0.717) is 12.1 Å². The Labute approximate surface area is 124 Å². The molecule has 1 fully saturated rings. The molecule has 0 atom stereocenters. The zero-order chi connectivity index (χ0) is 14.7. The van der Waals surface area contributed by atoms with E-state index in [0.717, 1.165) is 24.0 Å². The van der Waals surface area contributed by atoms with Gasteiger partial charge in [0.1, 0.15) is 0 Å². The van der Waals surface area contributed by atoms with E-state index < -0.39 is 0 Å². The maximum Gasteiger partial charge on any atom is 0.251 e. The van der Waals surface area contributed by atoms with Crippen molar-refractivity contribution in [2.75, 3.05) is 13.2 Å². The van der Waals surface area contributed by atoms with E-state index in [9.17, 15) is 9.90 Å². The van der Waals surface area contributed by atoms with Crippen LogP contribution in [0.3, 0.4) is 0 Å². The smallest absolute Gasteiger partial charge is 0.251 e. The Bertz CT molecular complexity index is 615. The monoisotopic (exact) mass is 281 g/mol. The molecule has 0 aliphatic heterocycles. The zero-order valence-corrected chi connectivity index (χ0v) is 11.9. The first kappa shape index (κ1) is 13.8. The Balaban J connectivity index is 1.65. The van der Waals surface area contributed by atoms with Gasteiger partial charge in [-0.2, -0.15) is 0 Å². The van der Waals surface area contributed by atoms with Crippen molar-refractivity contribution in [3.63, 3.8) is 0 Å². The molecule has 2 aromatic rings. The van der Waals surface area contributed by atoms with E-state index in [-0.39, 0.29) is 17.9 Å². The molecule has 2 N–H and O–H groups in total. The maximum atomic E-state index is 12.1. The molecule has 21 heavy (non-hydrogen) atoms. The molecule has 0 aromatic heterocycles. The van der Waals surface area contributed by atoms with Crippen LogP contribution in [0.1, 0.15) is 23.2 Å². The zero-order valence-electron chi connectivity index (χ0n) is 11.9. The van der Waals surface area contributed by atoms with Gasteiger partial charge in [0.25, 0.3) is 5.91 Å². The molecule has 1 aliphatic carbocycles. The van der Waals surface area contributed by atoms with E-state index in [2.05, 4.69) is 5.32 Å². The van der Waals surface area contributed by atoms with Crippen LogP contribution in [-0.4, -0.2) is 24.2 Å². The van der Waals surface area contributed by atoms with Crippen molar-refractivity contribution in [3.8, 4) is 11.1 Å². The fourth-order valence-electron chi connectivity index (χ4n) is 2.38. The highest BCUT2D eigenvalue weighted by atomic mass is 16.3. The molecule has 0 saturated heterocycles.